The van der Waals surface area contributed by atoms with Gasteiger partial charge in [0.05, 0.1) is 15.8 Å². The third-order valence-corrected chi connectivity index (χ3v) is 6.51. The number of amides is 2. The Hall–Kier alpha value is -2.94. The van der Waals surface area contributed by atoms with Gasteiger partial charge in [-0.2, -0.15) is 0 Å². The lowest BCUT2D eigenvalue weighted by Crippen LogP contribution is -2.27. The molecule has 1 unspecified atom stereocenters. The van der Waals surface area contributed by atoms with Crippen LogP contribution in [-0.2, 0) is 19.4 Å². The Labute approximate surface area is 161 Å². The molecule has 28 heavy (non-hydrogen) atoms. The van der Waals surface area contributed by atoms with Gasteiger partial charge in [-0.25, -0.2) is 12.8 Å². The fourth-order valence-corrected chi connectivity index (χ4v) is 4.19. The Morgan fingerprint density at radius 3 is 2.75 bits per heavy atom. The largest absolute Gasteiger partial charge is 0.482 e. The van der Waals surface area contributed by atoms with E-state index < -0.39 is 26.8 Å². The van der Waals surface area contributed by atoms with Crippen LogP contribution in [0.5, 0.6) is 5.75 Å². The van der Waals surface area contributed by atoms with Crippen molar-refractivity contribution in [1.29, 1.82) is 0 Å². The second kappa shape index (κ2) is 7.59. The zero-order chi connectivity index (χ0) is 20.5. The van der Waals surface area contributed by atoms with Gasteiger partial charge in [0.15, 0.2) is 16.4 Å². The first kappa shape index (κ1) is 19.8. The predicted octanol–water partition coefficient (Wildman–Crippen LogP) is 2.66. The Kier molecular flexibility index (Phi) is 5.37. The van der Waals surface area contributed by atoms with Gasteiger partial charge in [0.2, 0.25) is 5.91 Å². The first-order chi connectivity index (χ1) is 13.2. The standard InChI is InChI=1S/C19H19FN2O5S/c1-11-7-13(20)3-5-15(11)21-18(23)8-12(2)28(25,26)14-4-6-17-16(9-14)22-19(24)10-27-17/h3-7,9,12H,8,10H2,1-2H3,(H,21,23)(H,22,24). The molecule has 0 aliphatic carbocycles. The van der Waals surface area contributed by atoms with Gasteiger partial charge in [-0.05, 0) is 55.8 Å². The SMILES string of the molecule is Cc1cc(F)ccc1NC(=O)CC(C)S(=O)(=O)c1ccc2c(c1)NC(=O)CO2. The van der Waals surface area contributed by atoms with E-state index in [0.717, 1.165) is 0 Å². The zero-order valence-electron chi connectivity index (χ0n) is 15.3. The van der Waals surface area contributed by atoms with E-state index in [2.05, 4.69) is 10.6 Å². The number of benzene rings is 2. The number of hydrogen-bond acceptors (Lipinski definition) is 5. The van der Waals surface area contributed by atoms with Gasteiger partial charge >= 0.3 is 0 Å². The molecule has 2 aromatic rings. The minimum atomic E-state index is -3.82. The van der Waals surface area contributed by atoms with E-state index in [1.165, 1.54) is 43.3 Å². The Bertz CT molecular complexity index is 1050. The van der Waals surface area contributed by atoms with Crippen molar-refractivity contribution in [3.05, 3.63) is 47.8 Å². The molecule has 2 aromatic carbocycles. The van der Waals surface area contributed by atoms with Crippen molar-refractivity contribution in [2.24, 2.45) is 0 Å². The van der Waals surface area contributed by atoms with E-state index in [1.807, 2.05) is 0 Å². The number of fused-ring (bicyclic) bond motifs is 1. The number of carbonyl (C=O) groups is 2. The van der Waals surface area contributed by atoms with Crippen LogP contribution >= 0.6 is 0 Å². The molecule has 0 fully saturated rings. The third kappa shape index (κ3) is 4.14. The molecule has 0 saturated carbocycles. The van der Waals surface area contributed by atoms with E-state index in [4.69, 9.17) is 4.74 Å². The van der Waals surface area contributed by atoms with Gasteiger partial charge in [-0.1, -0.05) is 0 Å². The highest BCUT2D eigenvalue weighted by molar-refractivity contribution is 7.92. The summed E-state index contributed by atoms with van der Waals surface area (Å²) in [6.07, 6.45) is -0.279. The molecule has 0 saturated heterocycles. The molecule has 2 N–H and O–H groups in total. The van der Waals surface area contributed by atoms with Crippen molar-refractivity contribution in [2.75, 3.05) is 17.2 Å². The number of rotatable bonds is 5. The molecule has 1 aliphatic heterocycles. The normalized spacial score (nSPS) is 14.5. The monoisotopic (exact) mass is 406 g/mol. The van der Waals surface area contributed by atoms with Gasteiger partial charge in [-0.15, -0.1) is 0 Å². The van der Waals surface area contributed by atoms with Gasteiger partial charge in [-0.3, -0.25) is 9.59 Å². The van der Waals surface area contributed by atoms with Crippen molar-refractivity contribution in [2.45, 2.75) is 30.4 Å². The van der Waals surface area contributed by atoms with E-state index in [0.29, 0.717) is 17.0 Å². The smallest absolute Gasteiger partial charge is 0.262 e. The number of hydrogen-bond donors (Lipinski definition) is 2. The number of nitrogens with one attached hydrogen (secondary N) is 2. The van der Waals surface area contributed by atoms with Crippen LogP contribution in [0.1, 0.15) is 18.9 Å². The molecule has 1 heterocycles. The highest BCUT2D eigenvalue weighted by Crippen LogP contribution is 2.31. The number of ether oxygens (including phenoxy) is 1. The number of aryl methyl sites for hydroxylation is 1. The lowest BCUT2D eigenvalue weighted by Gasteiger charge is -2.19. The summed E-state index contributed by atoms with van der Waals surface area (Å²) >= 11 is 0. The van der Waals surface area contributed by atoms with Crippen LogP contribution in [0.2, 0.25) is 0 Å². The molecule has 1 aliphatic rings. The van der Waals surface area contributed by atoms with E-state index in [-0.39, 0.29) is 29.5 Å². The van der Waals surface area contributed by atoms with Gasteiger partial charge < -0.3 is 15.4 Å². The van der Waals surface area contributed by atoms with Gasteiger partial charge in [0, 0.05) is 12.1 Å². The number of carbonyl (C=O) groups excluding carboxylic acids is 2. The summed E-state index contributed by atoms with van der Waals surface area (Å²) in [5, 5.41) is 4.15. The lowest BCUT2D eigenvalue weighted by atomic mass is 10.2. The van der Waals surface area contributed by atoms with Crippen molar-refractivity contribution in [1.82, 2.24) is 0 Å². The van der Waals surface area contributed by atoms with Crippen molar-refractivity contribution >= 4 is 33.0 Å². The molecule has 2 amide bonds. The molecule has 0 radical (unpaired) electrons. The molecule has 0 bridgehead atoms. The van der Waals surface area contributed by atoms with Crippen molar-refractivity contribution < 1.29 is 27.1 Å². The number of anilines is 2. The third-order valence-electron chi connectivity index (χ3n) is 4.38. The van der Waals surface area contributed by atoms with Crippen LogP contribution in [0.25, 0.3) is 0 Å². The quantitative estimate of drug-likeness (QED) is 0.795. The second-order valence-electron chi connectivity index (χ2n) is 6.56. The van der Waals surface area contributed by atoms with Crippen molar-refractivity contribution in [3.8, 4) is 5.75 Å². The van der Waals surface area contributed by atoms with Crippen LogP contribution < -0.4 is 15.4 Å². The lowest BCUT2D eigenvalue weighted by molar-refractivity contribution is -0.118. The summed E-state index contributed by atoms with van der Waals surface area (Å²) in [7, 11) is -3.82. The number of sulfone groups is 1. The van der Waals surface area contributed by atoms with E-state index >= 15 is 0 Å². The maximum absolute atomic E-state index is 13.2. The molecule has 0 spiro atoms. The highest BCUT2D eigenvalue weighted by atomic mass is 32.2. The summed E-state index contributed by atoms with van der Waals surface area (Å²) in [5.74, 6) is -0.907. The molecule has 9 heteroatoms. The number of halogens is 1. The first-order valence-corrected chi connectivity index (χ1v) is 10.1. The Balaban J connectivity index is 1.74. The van der Waals surface area contributed by atoms with Crippen LogP contribution in [0.4, 0.5) is 15.8 Å². The van der Waals surface area contributed by atoms with Crippen LogP contribution in [-0.4, -0.2) is 32.1 Å². The second-order valence-corrected chi connectivity index (χ2v) is 8.93. The topological polar surface area (TPSA) is 102 Å². The van der Waals surface area contributed by atoms with Crippen molar-refractivity contribution in [3.63, 3.8) is 0 Å². The molecule has 3 rings (SSSR count). The highest BCUT2D eigenvalue weighted by Gasteiger charge is 2.28. The first-order valence-electron chi connectivity index (χ1n) is 8.53. The van der Waals surface area contributed by atoms with E-state index in [1.54, 1.807) is 6.92 Å². The van der Waals surface area contributed by atoms with E-state index in [9.17, 15) is 22.4 Å². The maximum Gasteiger partial charge on any atom is 0.262 e. The minimum absolute atomic E-state index is 0.0182. The molecule has 148 valence electrons. The minimum Gasteiger partial charge on any atom is -0.482 e. The Morgan fingerprint density at radius 2 is 2.04 bits per heavy atom. The molecule has 1 atom stereocenters. The zero-order valence-corrected chi connectivity index (χ0v) is 16.1. The molecular weight excluding hydrogens is 387 g/mol. The molecule has 7 nitrogen and oxygen atoms in total. The van der Waals surface area contributed by atoms with Gasteiger partial charge in [0.25, 0.3) is 5.91 Å². The summed E-state index contributed by atoms with van der Waals surface area (Å²) < 4.78 is 44.0. The Morgan fingerprint density at radius 1 is 1.29 bits per heavy atom. The summed E-state index contributed by atoms with van der Waals surface area (Å²) in [4.78, 5) is 23.7. The van der Waals surface area contributed by atoms with Gasteiger partial charge in [0.1, 0.15) is 11.6 Å². The van der Waals surface area contributed by atoms with Crippen LogP contribution in [0, 0.1) is 12.7 Å². The van der Waals surface area contributed by atoms with Crippen LogP contribution in [0.15, 0.2) is 41.3 Å². The predicted molar refractivity (Wildman–Crippen MR) is 102 cm³/mol. The summed E-state index contributed by atoms with van der Waals surface area (Å²) in [6, 6.07) is 8.08. The fourth-order valence-electron chi connectivity index (χ4n) is 2.81. The molecular formula is C19H19FN2O5S. The average molecular weight is 406 g/mol. The average Bonchev–Trinajstić information content (AvgIpc) is 2.63. The fraction of sp³-hybridized carbons (Fsp3) is 0.263. The van der Waals surface area contributed by atoms with Crippen LogP contribution in [0.3, 0.4) is 0 Å². The summed E-state index contributed by atoms with van der Waals surface area (Å²) in [5.41, 5.74) is 1.23. The summed E-state index contributed by atoms with van der Waals surface area (Å²) in [6.45, 7) is 2.95. The molecule has 0 aromatic heterocycles. The maximum atomic E-state index is 13.2.